The minimum absolute atomic E-state index is 0. The smallest absolute Gasteiger partial charge is 0.367 e. The van der Waals surface area contributed by atoms with E-state index < -0.39 is 17.3 Å². The van der Waals surface area contributed by atoms with Crippen molar-refractivity contribution in [1.82, 2.24) is 9.55 Å². The van der Waals surface area contributed by atoms with Crippen molar-refractivity contribution in [3.8, 4) is 5.82 Å². The molecule has 2 heterocycles. The standard InChI is InChI=1S/C12H8F3N2O.Y/c1-8-4-5-10(16-7-8)17-6-2-3-9(11(17)18)12(13,14)15;/h2-3,5-7H,1H3;/q-1;. The van der Waals surface area contributed by atoms with Gasteiger partial charge in [0.1, 0.15) is 5.56 Å². The molecular weight excluding hydrogens is 334 g/mol. The molecule has 7 heteroatoms. The van der Waals surface area contributed by atoms with E-state index in [2.05, 4.69) is 11.1 Å². The summed E-state index contributed by atoms with van der Waals surface area (Å²) in [7, 11) is 0. The van der Waals surface area contributed by atoms with Crippen LogP contribution in [-0.2, 0) is 38.9 Å². The molecule has 1 radical (unpaired) electrons. The summed E-state index contributed by atoms with van der Waals surface area (Å²) in [4.78, 5) is 15.6. The van der Waals surface area contributed by atoms with Gasteiger partial charge in [-0.2, -0.15) is 19.2 Å². The Bertz CT molecular complexity index is 620. The molecule has 0 N–H and O–H groups in total. The predicted octanol–water partition coefficient (Wildman–Crippen LogP) is 2.36. The first-order valence-electron chi connectivity index (χ1n) is 5.03. The van der Waals surface area contributed by atoms with Gasteiger partial charge in [-0.15, -0.1) is 11.6 Å². The van der Waals surface area contributed by atoms with E-state index in [1.807, 2.05) is 0 Å². The van der Waals surface area contributed by atoms with Crippen LogP contribution in [0.5, 0.6) is 0 Å². The van der Waals surface area contributed by atoms with Gasteiger partial charge in [-0.1, -0.05) is 13.1 Å². The molecule has 0 fully saturated rings. The quantitative estimate of drug-likeness (QED) is 0.746. The van der Waals surface area contributed by atoms with E-state index >= 15 is 0 Å². The van der Waals surface area contributed by atoms with Crippen LogP contribution in [0.3, 0.4) is 0 Å². The van der Waals surface area contributed by atoms with Gasteiger partial charge >= 0.3 is 6.18 Å². The van der Waals surface area contributed by atoms with Gasteiger partial charge in [0, 0.05) is 44.7 Å². The molecule has 0 aromatic carbocycles. The molecule has 0 atom stereocenters. The van der Waals surface area contributed by atoms with Crippen LogP contribution in [0.2, 0.25) is 0 Å². The Balaban J connectivity index is 0.00000180. The summed E-state index contributed by atoms with van der Waals surface area (Å²) in [5, 5.41) is 0. The second-order valence-corrected chi connectivity index (χ2v) is 3.68. The van der Waals surface area contributed by atoms with Crippen molar-refractivity contribution in [3.63, 3.8) is 0 Å². The third kappa shape index (κ3) is 3.51. The number of aromatic nitrogens is 2. The summed E-state index contributed by atoms with van der Waals surface area (Å²) in [5.41, 5.74) is -1.62. The van der Waals surface area contributed by atoms with Crippen LogP contribution in [0.25, 0.3) is 5.82 Å². The van der Waals surface area contributed by atoms with Crippen LogP contribution in [-0.4, -0.2) is 9.55 Å². The van der Waals surface area contributed by atoms with Gasteiger partial charge in [-0.05, 0) is 12.1 Å². The molecule has 0 bridgehead atoms. The van der Waals surface area contributed by atoms with Crippen molar-refractivity contribution in [1.29, 1.82) is 0 Å². The van der Waals surface area contributed by atoms with Crippen molar-refractivity contribution in [2.45, 2.75) is 13.1 Å². The summed E-state index contributed by atoms with van der Waals surface area (Å²) >= 11 is 0. The zero-order chi connectivity index (χ0) is 13.3. The zero-order valence-electron chi connectivity index (χ0n) is 9.90. The number of rotatable bonds is 1. The Hall–Kier alpha value is -1.01. The molecule has 2 aromatic rings. The number of aryl methyl sites for hydroxylation is 1. The van der Waals surface area contributed by atoms with Crippen molar-refractivity contribution in [3.05, 3.63) is 58.1 Å². The zero-order valence-corrected chi connectivity index (χ0v) is 12.7. The molecule has 2 rings (SSSR count). The van der Waals surface area contributed by atoms with E-state index in [0.29, 0.717) is 0 Å². The Morgan fingerprint density at radius 1 is 1.37 bits per heavy atom. The molecule has 0 saturated heterocycles. The molecule has 3 nitrogen and oxygen atoms in total. The van der Waals surface area contributed by atoms with Crippen LogP contribution in [0.15, 0.2) is 35.4 Å². The largest absolute Gasteiger partial charge is 0.421 e. The number of hydrogen-bond acceptors (Lipinski definition) is 2. The van der Waals surface area contributed by atoms with Crippen molar-refractivity contribution in [2.75, 3.05) is 0 Å². The van der Waals surface area contributed by atoms with Crippen molar-refractivity contribution < 1.29 is 45.9 Å². The van der Waals surface area contributed by atoms with Gasteiger partial charge in [0.2, 0.25) is 0 Å². The van der Waals surface area contributed by atoms with E-state index in [1.165, 1.54) is 18.5 Å². The van der Waals surface area contributed by atoms with Crippen LogP contribution < -0.4 is 5.56 Å². The first-order valence-corrected chi connectivity index (χ1v) is 5.03. The number of pyridine rings is 2. The molecule has 0 aliphatic rings. The van der Waals surface area contributed by atoms with Crippen LogP contribution in [0, 0.1) is 13.0 Å². The van der Waals surface area contributed by atoms with Gasteiger partial charge in [0.05, 0.1) is 0 Å². The van der Waals surface area contributed by atoms with Crippen molar-refractivity contribution >= 4 is 0 Å². The van der Waals surface area contributed by atoms with Crippen LogP contribution in [0.1, 0.15) is 11.1 Å². The monoisotopic (exact) mass is 342 g/mol. The second kappa shape index (κ2) is 5.97. The number of halogens is 3. The van der Waals surface area contributed by atoms with E-state index in [9.17, 15) is 18.0 Å². The molecule has 19 heavy (non-hydrogen) atoms. The maximum Gasteiger partial charge on any atom is 0.421 e. The Morgan fingerprint density at radius 2 is 2.05 bits per heavy atom. The molecule has 0 aliphatic heterocycles. The second-order valence-electron chi connectivity index (χ2n) is 3.68. The number of nitrogens with zero attached hydrogens (tertiary/aromatic N) is 2. The third-order valence-corrected chi connectivity index (χ3v) is 2.32. The molecule has 0 aliphatic carbocycles. The minimum atomic E-state index is -4.67. The van der Waals surface area contributed by atoms with E-state index in [0.717, 1.165) is 22.3 Å². The summed E-state index contributed by atoms with van der Waals surface area (Å²) < 4.78 is 38.5. The van der Waals surface area contributed by atoms with Gasteiger partial charge in [-0.3, -0.25) is 4.79 Å². The first kappa shape index (κ1) is 16.0. The van der Waals surface area contributed by atoms with Gasteiger partial charge in [0.25, 0.3) is 5.56 Å². The SMILES string of the molecule is Cc1[c-]cc(-n2cccc(C(F)(F)F)c2=O)nc1.[Y]. The Labute approximate surface area is 132 Å². The average Bonchev–Trinajstić information content (AvgIpc) is 2.29. The van der Waals surface area contributed by atoms with Crippen LogP contribution >= 0.6 is 0 Å². The molecular formula is C12H8F3N2OY-. The summed E-state index contributed by atoms with van der Waals surface area (Å²) in [6.07, 6.45) is -2.00. The molecule has 97 valence electrons. The Morgan fingerprint density at radius 3 is 2.58 bits per heavy atom. The first-order chi connectivity index (χ1) is 8.39. The fraction of sp³-hybridized carbons (Fsp3) is 0.167. The van der Waals surface area contributed by atoms with Crippen molar-refractivity contribution in [2.24, 2.45) is 0 Å². The van der Waals surface area contributed by atoms with Gasteiger partial charge < -0.3 is 9.55 Å². The third-order valence-electron chi connectivity index (χ3n) is 2.32. The molecule has 0 amide bonds. The van der Waals surface area contributed by atoms with E-state index in [-0.39, 0.29) is 38.5 Å². The molecule has 2 aromatic heterocycles. The molecule has 0 saturated carbocycles. The summed E-state index contributed by atoms with van der Waals surface area (Å²) in [5.74, 6) is 0.108. The Kier molecular flexibility index (Phi) is 5.04. The molecule has 0 spiro atoms. The maximum absolute atomic E-state index is 12.6. The average molecular weight is 342 g/mol. The maximum atomic E-state index is 12.6. The van der Waals surface area contributed by atoms with E-state index in [1.54, 1.807) is 6.92 Å². The summed E-state index contributed by atoms with van der Waals surface area (Å²) in [6, 6.07) is 6.06. The van der Waals surface area contributed by atoms with Gasteiger partial charge in [-0.25, -0.2) is 0 Å². The summed E-state index contributed by atoms with van der Waals surface area (Å²) in [6.45, 7) is 1.74. The van der Waals surface area contributed by atoms with E-state index in [4.69, 9.17) is 0 Å². The number of hydrogen-bond donors (Lipinski definition) is 0. The minimum Gasteiger partial charge on any atom is -0.367 e. The fourth-order valence-corrected chi connectivity index (χ4v) is 1.44. The molecule has 0 unspecified atom stereocenters. The van der Waals surface area contributed by atoms with Gasteiger partial charge in [0.15, 0.2) is 0 Å². The fourth-order valence-electron chi connectivity index (χ4n) is 1.44. The number of alkyl halides is 3. The topological polar surface area (TPSA) is 34.9 Å². The van der Waals surface area contributed by atoms with Crippen LogP contribution in [0.4, 0.5) is 13.2 Å². The predicted molar refractivity (Wildman–Crippen MR) is 58.4 cm³/mol. The normalized spacial score (nSPS) is 10.9.